The normalized spacial score (nSPS) is 11.5. The van der Waals surface area contributed by atoms with Crippen LogP contribution in [0.2, 0.25) is 5.15 Å². The molecule has 0 aliphatic carbocycles. The van der Waals surface area contributed by atoms with E-state index in [-0.39, 0.29) is 24.2 Å². The topological polar surface area (TPSA) is 94.4 Å². The number of hydrogen-bond donors (Lipinski definition) is 1. The molecule has 0 atom stereocenters. The van der Waals surface area contributed by atoms with Gasteiger partial charge in [0.25, 0.3) is 11.6 Å². The van der Waals surface area contributed by atoms with Crippen molar-refractivity contribution in [2.75, 3.05) is 13.2 Å². The Labute approximate surface area is 166 Å². The van der Waals surface area contributed by atoms with Crippen molar-refractivity contribution in [3.63, 3.8) is 0 Å². The van der Waals surface area contributed by atoms with Crippen LogP contribution in [0.1, 0.15) is 15.9 Å². The summed E-state index contributed by atoms with van der Waals surface area (Å²) < 4.78 is 56.7. The van der Waals surface area contributed by atoms with E-state index in [4.69, 9.17) is 16.3 Å². The van der Waals surface area contributed by atoms with Crippen LogP contribution in [-0.4, -0.2) is 29.0 Å². The minimum Gasteiger partial charge on any atom is -0.473 e. The van der Waals surface area contributed by atoms with Gasteiger partial charge in [-0.1, -0.05) is 17.7 Å². The maximum atomic E-state index is 13.6. The summed E-state index contributed by atoms with van der Waals surface area (Å²) in [4.78, 5) is 25.4. The average Bonchev–Trinajstić information content (AvgIpc) is 2.63. The molecule has 0 aliphatic heterocycles. The SMILES string of the molecule is O=C(NC/C=C/COc1cc(C(F)(F)F)cc(Cl)n1)c1cc([N+](=O)[O-])ccc1F. The number of nitro groups is 1. The van der Waals surface area contributed by atoms with Crippen molar-refractivity contribution >= 4 is 23.2 Å². The van der Waals surface area contributed by atoms with E-state index in [1.807, 2.05) is 0 Å². The second-order valence-corrected chi connectivity index (χ2v) is 5.82. The highest BCUT2D eigenvalue weighted by atomic mass is 35.5. The first-order valence-electron chi connectivity index (χ1n) is 7.82. The number of nitro benzene ring substituents is 1. The first kappa shape index (κ1) is 22.1. The van der Waals surface area contributed by atoms with Gasteiger partial charge in [0.1, 0.15) is 17.6 Å². The van der Waals surface area contributed by atoms with Crippen LogP contribution in [0.5, 0.6) is 5.88 Å². The van der Waals surface area contributed by atoms with Crippen LogP contribution in [0.25, 0.3) is 0 Å². The van der Waals surface area contributed by atoms with Gasteiger partial charge in [0.05, 0.1) is 16.1 Å². The molecular formula is C17H12ClF4N3O4. The van der Waals surface area contributed by atoms with Crippen LogP contribution in [0.3, 0.4) is 0 Å². The molecular weight excluding hydrogens is 422 g/mol. The lowest BCUT2D eigenvalue weighted by atomic mass is 10.1. The predicted octanol–water partition coefficient (Wildman–Crippen LogP) is 4.17. The molecule has 0 spiro atoms. The zero-order valence-electron chi connectivity index (χ0n) is 14.4. The van der Waals surface area contributed by atoms with Crippen LogP contribution < -0.4 is 10.1 Å². The van der Waals surface area contributed by atoms with Crippen LogP contribution >= 0.6 is 11.6 Å². The molecule has 0 bridgehead atoms. The van der Waals surface area contributed by atoms with Crippen molar-refractivity contribution in [3.8, 4) is 5.88 Å². The quantitative estimate of drug-likeness (QED) is 0.232. The largest absolute Gasteiger partial charge is 0.473 e. The molecule has 1 N–H and O–H groups in total. The van der Waals surface area contributed by atoms with Gasteiger partial charge in [-0.15, -0.1) is 0 Å². The first-order valence-corrected chi connectivity index (χ1v) is 8.20. The van der Waals surface area contributed by atoms with Crippen molar-refractivity contribution in [2.24, 2.45) is 0 Å². The zero-order valence-corrected chi connectivity index (χ0v) is 15.1. The molecule has 7 nitrogen and oxygen atoms in total. The molecule has 2 aromatic rings. The zero-order chi connectivity index (χ0) is 21.6. The molecule has 0 saturated heterocycles. The minimum absolute atomic E-state index is 0.0822. The summed E-state index contributed by atoms with van der Waals surface area (Å²) in [7, 11) is 0. The standard InChI is InChI=1S/C17H12ClF4N3O4/c18-14-7-10(17(20,21)22)8-15(24-14)29-6-2-1-5-23-16(26)12-9-11(25(27)28)3-4-13(12)19/h1-4,7-9H,5-6H2,(H,23,26)/b2-1+. The number of hydrogen-bond acceptors (Lipinski definition) is 5. The summed E-state index contributed by atoms with van der Waals surface area (Å²) in [6, 6.07) is 3.89. The molecule has 12 heteroatoms. The number of amides is 1. The number of non-ortho nitro benzene ring substituents is 1. The van der Waals surface area contributed by atoms with E-state index in [9.17, 15) is 32.5 Å². The van der Waals surface area contributed by atoms with Gasteiger partial charge in [-0.25, -0.2) is 9.37 Å². The Morgan fingerprint density at radius 1 is 1.28 bits per heavy atom. The fraction of sp³-hybridized carbons (Fsp3) is 0.176. The second-order valence-electron chi connectivity index (χ2n) is 5.43. The number of aromatic nitrogens is 1. The van der Waals surface area contributed by atoms with Crippen LogP contribution in [0.15, 0.2) is 42.5 Å². The summed E-state index contributed by atoms with van der Waals surface area (Å²) in [5.74, 6) is -2.13. The van der Waals surface area contributed by atoms with Gasteiger partial charge < -0.3 is 10.1 Å². The molecule has 154 valence electrons. The second kappa shape index (κ2) is 9.32. The Balaban J connectivity index is 1.88. The third kappa shape index (κ3) is 6.42. The van der Waals surface area contributed by atoms with Crippen molar-refractivity contribution in [2.45, 2.75) is 6.18 Å². The lowest BCUT2D eigenvalue weighted by Gasteiger charge is -2.09. The van der Waals surface area contributed by atoms with Crippen molar-refractivity contribution < 1.29 is 32.0 Å². The first-order chi connectivity index (χ1) is 13.6. The van der Waals surface area contributed by atoms with E-state index < -0.39 is 39.6 Å². The summed E-state index contributed by atoms with van der Waals surface area (Å²) in [6.07, 6.45) is -1.84. The van der Waals surface area contributed by atoms with Gasteiger partial charge in [-0.05, 0) is 18.2 Å². The number of benzene rings is 1. The maximum absolute atomic E-state index is 13.6. The summed E-state index contributed by atoms with van der Waals surface area (Å²) in [6.45, 7) is -0.257. The summed E-state index contributed by atoms with van der Waals surface area (Å²) >= 11 is 5.53. The number of alkyl halides is 3. The fourth-order valence-corrected chi connectivity index (χ4v) is 2.24. The molecule has 1 amide bonds. The minimum atomic E-state index is -4.60. The molecule has 1 heterocycles. The van der Waals surface area contributed by atoms with Gasteiger partial charge >= 0.3 is 6.18 Å². The molecule has 0 radical (unpaired) electrons. The van der Waals surface area contributed by atoms with E-state index >= 15 is 0 Å². The number of pyridine rings is 1. The van der Waals surface area contributed by atoms with Gasteiger partial charge in [0, 0.05) is 24.7 Å². The van der Waals surface area contributed by atoms with Crippen LogP contribution in [0, 0.1) is 15.9 Å². The molecule has 0 saturated carbocycles. The number of carbonyl (C=O) groups is 1. The van der Waals surface area contributed by atoms with Gasteiger partial charge in [-0.3, -0.25) is 14.9 Å². The fourth-order valence-electron chi connectivity index (χ4n) is 2.04. The van der Waals surface area contributed by atoms with Gasteiger partial charge in [-0.2, -0.15) is 13.2 Å². The molecule has 2 rings (SSSR count). The molecule has 29 heavy (non-hydrogen) atoms. The number of rotatable bonds is 7. The van der Waals surface area contributed by atoms with Gasteiger partial charge in [0.2, 0.25) is 5.88 Å². The van der Waals surface area contributed by atoms with E-state index in [1.54, 1.807) is 0 Å². The van der Waals surface area contributed by atoms with E-state index in [0.717, 1.165) is 18.2 Å². The van der Waals surface area contributed by atoms with Gasteiger partial charge in [0.15, 0.2) is 0 Å². The molecule has 0 unspecified atom stereocenters. The number of nitrogens with zero attached hydrogens (tertiary/aromatic N) is 2. The molecule has 0 aliphatic rings. The van der Waals surface area contributed by atoms with Crippen LogP contribution in [0.4, 0.5) is 23.2 Å². The Kier molecular flexibility index (Phi) is 7.10. The van der Waals surface area contributed by atoms with Crippen LogP contribution in [-0.2, 0) is 6.18 Å². The Hall–Kier alpha value is -3.21. The number of ether oxygens (including phenoxy) is 1. The van der Waals surface area contributed by atoms with Crippen molar-refractivity contribution in [1.29, 1.82) is 0 Å². The Morgan fingerprint density at radius 2 is 2.00 bits per heavy atom. The number of halogens is 5. The summed E-state index contributed by atoms with van der Waals surface area (Å²) in [5.41, 5.74) is -1.94. The highest BCUT2D eigenvalue weighted by molar-refractivity contribution is 6.29. The third-order valence-electron chi connectivity index (χ3n) is 3.38. The molecule has 0 fully saturated rings. The highest BCUT2D eigenvalue weighted by Crippen LogP contribution is 2.32. The maximum Gasteiger partial charge on any atom is 0.416 e. The molecule has 1 aromatic heterocycles. The van der Waals surface area contributed by atoms with E-state index in [1.165, 1.54) is 12.2 Å². The van der Waals surface area contributed by atoms with E-state index in [2.05, 4.69) is 10.3 Å². The number of carbonyl (C=O) groups excluding carboxylic acids is 1. The highest BCUT2D eigenvalue weighted by Gasteiger charge is 2.31. The molecule has 1 aromatic carbocycles. The Bertz CT molecular complexity index is 951. The van der Waals surface area contributed by atoms with Crippen molar-refractivity contribution in [1.82, 2.24) is 10.3 Å². The van der Waals surface area contributed by atoms with E-state index in [0.29, 0.717) is 12.1 Å². The lowest BCUT2D eigenvalue weighted by Crippen LogP contribution is -2.24. The smallest absolute Gasteiger partial charge is 0.416 e. The third-order valence-corrected chi connectivity index (χ3v) is 3.57. The van der Waals surface area contributed by atoms with Crippen molar-refractivity contribution in [3.05, 3.63) is 74.7 Å². The Morgan fingerprint density at radius 3 is 2.66 bits per heavy atom. The summed E-state index contributed by atoms with van der Waals surface area (Å²) in [5, 5.41) is 12.6. The predicted molar refractivity (Wildman–Crippen MR) is 94.3 cm³/mol. The average molecular weight is 434 g/mol. The number of nitrogens with one attached hydrogen (secondary N) is 1. The monoisotopic (exact) mass is 433 g/mol. The lowest BCUT2D eigenvalue weighted by molar-refractivity contribution is -0.384.